The maximum Gasteiger partial charge on any atom is 0.166 e. The first-order valence-electron chi connectivity index (χ1n) is 6.72. The Labute approximate surface area is 123 Å². The number of hydrogen-bond donors (Lipinski definition) is 1. The van der Waals surface area contributed by atoms with Gasteiger partial charge >= 0.3 is 0 Å². The maximum atomic E-state index is 6.26. The number of nitrogens with zero attached hydrogens (tertiary/aromatic N) is 2. The summed E-state index contributed by atoms with van der Waals surface area (Å²) in [6.07, 6.45) is 5.91. The van der Waals surface area contributed by atoms with Gasteiger partial charge in [0.15, 0.2) is 5.82 Å². The molecule has 0 saturated heterocycles. The molecule has 1 saturated carbocycles. The summed E-state index contributed by atoms with van der Waals surface area (Å²) in [7, 11) is 0. The van der Waals surface area contributed by atoms with Crippen LogP contribution in [0.2, 0.25) is 5.02 Å². The highest BCUT2D eigenvalue weighted by Gasteiger charge is 2.21. The minimum atomic E-state index is 0.345. The summed E-state index contributed by atoms with van der Waals surface area (Å²) in [5.74, 6) is 1.45. The Morgan fingerprint density at radius 3 is 2.75 bits per heavy atom. The Morgan fingerprint density at radius 1 is 1.20 bits per heavy atom. The first kappa shape index (κ1) is 13.3. The van der Waals surface area contributed by atoms with Crippen molar-refractivity contribution in [2.75, 3.05) is 0 Å². The molecule has 0 radical (unpaired) electrons. The molecular weight excluding hydrogens is 274 g/mol. The van der Waals surface area contributed by atoms with E-state index in [1.807, 2.05) is 18.2 Å². The predicted octanol–water partition coefficient (Wildman–Crippen LogP) is 2.96. The molecular formula is C15H16ClN3O. The van der Waals surface area contributed by atoms with E-state index in [4.69, 9.17) is 16.3 Å². The molecule has 1 heterocycles. The highest BCUT2D eigenvalue weighted by molar-refractivity contribution is 6.31. The van der Waals surface area contributed by atoms with E-state index in [0.29, 0.717) is 18.5 Å². The van der Waals surface area contributed by atoms with Crippen LogP contribution < -0.4 is 10.1 Å². The second kappa shape index (κ2) is 6.20. The fourth-order valence-electron chi connectivity index (χ4n) is 1.93. The van der Waals surface area contributed by atoms with Crippen molar-refractivity contribution >= 4 is 11.6 Å². The van der Waals surface area contributed by atoms with Gasteiger partial charge in [-0.15, -0.1) is 0 Å². The van der Waals surface area contributed by atoms with Crippen LogP contribution in [0.15, 0.2) is 36.7 Å². The van der Waals surface area contributed by atoms with Gasteiger partial charge in [-0.05, 0) is 31.0 Å². The largest absolute Gasteiger partial charge is 0.485 e. The molecule has 104 valence electrons. The normalized spacial score (nSPS) is 14.2. The Balaban J connectivity index is 1.69. The third-order valence-electron chi connectivity index (χ3n) is 3.20. The summed E-state index contributed by atoms with van der Waals surface area (Å²) in [6.45, 7) is 1.08. The van der Waals surface area contributed by atoms with E-state index < -0.39 is 0 Å². The van der Waals surface area contributed by atoms with Crippen LogP contribution in [-0.2, 0) is 13.2 Å². The molecule has 3 rings (SSSR count). The van der Waals surface area contributed by atoms with Gasteiger partial charge in [0, 0.05) is 35.6 Å². The van der Waals surface area contributed by atoms with E-state index in [-0.39, 0.29) is 0 Å². The molecule has 1 fully saturated rings. The lowest BCUT2D eigenvalue weighted by Gasteiger charge is -2.13. The number of nitrogens with one attached hydrogen (secondary N) is 1. The molecule has 1 aromatic heterocycles. The lowest BCUT2D eigenvalue weighted by atomic mass is 10.2. The van der Waals surface area contributed by atoms with E-state index >= 15 is 0 Å². The van der Waals surface area contributed by atoms with Gasteiger partial charge in [-0.2, -0.15) is 0 Å². The average molecular weight is 290 g/mol. The molecule has 2 aromatic rings. The monoisotopic (exact) mass is 289 g/mol. The van der Waals surface area contributed by atoms with Crippen LogP contribution in [0.1, 0.15) is 24.2 Å². The van der Waals surface area contributed by atoms with Crippen LogP contribution in [0.4, 0.5) is 0 Å². The van der Waals surface area contributed by atoms with Crippen molar-refractivity contribution in [3.05, 3.63) is 53.1 Å². The van der Waals surface area contributed by atoms with Crippen LogP contribution >= 0.6 is 11.6 Å². The number of benzene rings is 1. The predicted molar refractivity (Wildman–Crippen MR) is 77.7 cm³/mol. The number of ether oxygens (including phenoxy) is 1. The Bertz CT molecular complexity index is 573. The molecule has 0 amide bonds. The quantitative estimate of drug-likeness (QED) is 0.888. The lowest BCUT2D eigenvalue weighted by Crippen LogP contribution is -2.16. The third kappa shape index (κ3) is 3.46. The summed E-state index contributed by atoms with van der Waals surface area (Å²) >= 11 is 6.26. The van der Waals surface area contributed by atoms with Crippen molar-refractivity contribution in [3.8, 4) is 5.75 Å². The highest BCUT2D eigenvalue weighted by Crippen LogP contribution is 2.28. The second-order valence-corrected chi connectivity index (χ2v) is 5.23. The van der Waals surface area contributed by atoms with Crippen molar-refractivity contribution in [1.29, 1.82) is 0 Å². The molecule has 0 aliphatic heterocycles. The summed E-state index contributed by atoms with van der Waals surface area (Å²) in [6, 6.07) is 8.13. The van der Waals surface area contributed by atoms with E-state index in [1.54, 1.807) is 18.5 Å². The van der Waals surface area contributed by atoms with Crippen molar-refractivity contribution in [2.45, 2.75) is 32.0 Å². The smallest absolute Gasteiger partial charge is 0.166 e. The van der Waals surface area contributed by atoms with Crippen molar-refractivity contribution in [1.82, 2.24) is 15.3 Å². The molecule has 1 aliphatic rings. The number of hydrogen-bond acceptors (Lipinski definition) is 4. The van der Waals surface area contributed by atoms with Crippen LogP contribution in [0, 0.1) is 0 Å². The topological polar surface area (TPSA) is 47.0 Å². The molecule has 1 aromatic carbocycles. The number of aromatic nitrogens is 2. The van der Waals surface area contributed by atoms with Crippen LogP contribution in [0.5, 0.6) is 5.75 Å². The van der Waals surface area contributed by atoms with Gasteiger partial charge in [0.1, 0.15) is 12.4 Å². The summed E-state index contributed by atoms with van der Waals surface area (Å²) in [4.78, 5) is 8.29. The standard InChI is InChI=1S/C15H16ClN3O/c16-13-3-1-4-14(12(13)9-19-11-5-6-11)20-10-15-17-7-2-8-18-15/h1-4,7-8,11,19H,5-6,9-10H2. The van der Waals surface area contributed by atoms with Gasteiger partial charge in [-0.3, -0.25) is 0 Å². The summed E-state index contributed by atoms with van der Waals surface area (Å²) in [5, 5.41) is 4.18. The molecule has 0 bridgehead atoms. The molecule has 5 heteroatoms. The molecule has 1 aliphatic carbocycles. The summed E-state index contributed by atoms with van der Waals surface area (Å²) in [5.41, 5.74) is 0.997. The second-order valence-electron chi connectivity index (χ2n) is 4.83. The fraction of sp³-hybridized carbons (Fsp3) is 0.333. The van der Waals surface area contributed by atoms with Gasteiger partial charge in [-0.25, -0.2) is 9.97 Å². The van der Waals surface area contributed by atoms with E-state index in [1.165, 1.54) is 12.8 Å². The Morgan fingerprint density at radius 2 is 2.00 bits per heavy atom. The van der Waals surface area contributed by atoms with E-state index in [2.05, 4.69) is 15.3 Å². The van der Waals surface area contributed by atoms with Crippen LogP contribution in [0.3, 0.4) is 0 Å². The zero-order chi connectivity index (χ0) is 13.8. The van der Waals surface area contributed by atoms with Gasteiger partial charge in [0.05, 0.1) is 0 Å². The fourth-order valence-corrected chi connectivity index (χ4v) is 2.16. The highest BCUT2D eigenvalue weighted by atomic mass is 35.5. The number of rotatable bonds is 6. The SMILES string of the molecule is Clc1cccc(OCc2ncccn2)c1CNC1CC1. The maximum absolute atomic E-state index is 6.26. The van der Waals surface area contributed by atoms with Crippen LogP contribution in [0.25, 0.3) is 0 Å². The summed E-state index contributed by atoms with van der Waals surface area (Å²) < 4.78 is 5.81. The Hall–Kier alpha value is -1.65. The van der Waals surface area contributed by atoms with Gasteiger partial charge < -0.3 is 10.1 Å². The Kier molecular flexibility index (Phi) is 4.14. The third-order valence-corrected chi connectivity index (χ3v) is 3.55. The first-order chi connectivity index (χ1) is 9.83. The van der Waals surface area contributed by atoms with Crippen molar-refractivity contribution in [3.63, 3.8) is 0 Å². The molecule has 20 heavy (non-hydrogen) atoms. The van der Waals surface area contributed by atoms with Crippen molar-refractivity contribution < 1.29 is 4.74 Å². The van der Waals surface area contributed by atoms with Crippen LogP contribution in [-0.4, -0.2) is 16.0 Å². The van der Waals surface area contributed by atoms with E-state index in [9.17, 15) is 0 Å². The van der Waals surface area contributed by atoms with Gasteiger partial charge in [0.25, 0.3) is 0 Å². The zero-order valence-electron chi connectivity index (χ0n) is 11.1. The lowest BCUT2D eigenvalue weighted by molar-refractivity contribution is 0.292. The molecule has 1 N–H and O–H groups in total. The average Bonchev–Trinajstić information content (AvgIpc) is 3.29. The first-order valence-corrected chi connectivity index (χ1v) is 7.10. The number of halogens is 1. The molecule has 0 spiro atoms. The molecule has 0 atom stereocenters. The van der Waals surface area contributed by atoms with Gasteiger partial charge in [-0.1, -0.05) is 17.7 Å². The molecule has 4 nitrogen and oxygen atoms in total. The minimum Gasteiger partial charge on any atom is -0.485 e. The van der Waals surface area contributed by atoms with E-state index in [0.717, 1.165) is 22.9 Å². The minimum absolute atomic E-state index is 0.345. The van der Waals surface area contributed by atoms with Gasteiger partial charge in [0.2, 0.25) is 0 Å². The molecule has 0 unspecified atom stereocenters. The van der Waals surface area contributed by atoms with Crippen molar-refractivity contribution in [2.24, 2.45) is 0 Å². The zero-order valence-corrected chi connectivity index (χ0v) is 11.8.